The van der Waals surface area contributed by atoms with Crippen LogP contribution in [-0.4, -0.2) is 313 Å². The number of hydrogen-bond acceptors (Lipinski definition) is 37. The monoisotopic (exact) mass is 1470 g/mol. The smallest absolute Gasteiger partial charge is 0.338 e. The maximum Gasteiger partial charge on any atom is 0.338 e. The molecule has 10 rings (SSSR count). The predicted octanol–water partition coefficient (Wildman–Crippen LogP) is -6.72. The fourth-order valence-corrected chi connectivity index (χ4v) is 15.2. The lowest BCUT2D eigenvalue weighted by Crippen LogP contribution is -2.60. The Kier molecular flexibility index (Phi) is 26.1. The van der Waals surface area contributed by atoms with E-state index in [-0.39, 0.29) is 35.1 Å². The first-order chi connectivity index (χ1) is 49.1. The highest BCUT2D eigenvalue weighted by Gasteiger charge is 2.59. The quantitative estimate of drug-likeness (QED) is 0.0140. The third-order valence-electron chi connectivity index (χ3n) is 21.2. The lowest BCUT2D eigenvalue weighted by Gasteiger charge is -2.43. The van der Waals surface area contributed by atoms with Crippen LogP contribution in [0.15, 0.2) is 84.3 Å². The predicted molar refractivity (Wildman–Crippen MR) is 330 cm³/mol. The molecule has 8 heterocycles. The molecule has 0 aromatic rings. The maximum atomic E-state index is 15.3. The van der Waals surface area contributed by atoms with Gasteiger partial charge in [-0.1, -0.05) is 32.1 Å². The van der Waals surface area contributed by atoms with E-state index in [0.717, 1.165) is 39.3 Å². The topological polar surface area (TPSA) is 557 Å². The van der Waals surface area contributed by atoms with Crippen molar-refractivity contribution >= 4 is 30.2 Å². The number of ether oxygens (including phenoxy) is 16. The Morgan fingerprint density at radius 3 is 1.10 bits per heavy atom. The summed E-state index contributed by atoms with van der Waals surface area (Å²) < 4.78 is 93.4. The molecule has 16 N–H and O–H groups in total. The number of aldehydes is 1. The van der Waals surface area contributed by atoms with Crippen molar-refractivity contribution in [1.82, 2.24) is 0 Å². The molecule has 8 aliphatic heterocycles. The largest absolute Gasteiger partial charge is 0.472 e. The summed E-state index contributed by atoms with van der Waals surface area (Å²) in [5.74, 6) is -15.1. The number of carbonyl (C=O) groups is 5. The Morgan fingerprint density at radius 1 is 0.437 bits per heavy atom. The molecule has 103 heavy (non-hydrogen) atoms. The van der Waals surface area contributed by atoms with Crippen molar-refractivity contribution in [3.63, 3.8) is 0 Å². The lowest BCUT2D eigenvalue weighted by molar-refractivity contribution is -0.342. The first-order valence-electron chi connectivity index (χ1n) is 33.4. The van der Waals surface area contributed by atoms with Gasteiger partial charge in [-0.25, -0.2) is 19.2 Å². The van der Waals surface area contributed by atoms with Gasteiger partial charge >= 0.3 is 23.9 Å². The van der Waals surface area contributed by atoms with Crippen LogP contribution in [0.25, 0.3) is 0 Å². The van der Waals surface area contributed by atoms with Crippen LogP contribution in [0, 0.1) is 59.2 Å². The van der Waals surface area contributed by atoms with E-state index in [0.29, 0.717) is 6.29 Å². The molecule has 2 saturated carbocycles. The third-order valence-corrected chi connectivity index (χ3v) is 21.2. The zero-order valence-electron chi connectivity index (χ0n) is 56.0. The van der Waals surface area contributed by atoms with Crippen molar-refractivity contribution in [2.24, 2.45) is 59.2 Å². The Hall–Kier alpha value is -6.03. The summed E-state index contributed by atoms with van der Waals surface area (Å²) >= 11 is 0. The van der Waals surface area contributed by atoms with E-state index in [1.165, 1.54) is 18.2 Å². The van der Waals surface area contributed by atoms with E-state index in [2.05, 4.69) is 13.2 Å². The number of allylic oxidation sites excluding steroid dienone is 2. The molecular formula is C66H90O37. The second kappa shape index (κ2) is 33.8. The molecular weight excluding hydrogens is 1380 g/mol. The van der Waals surface area contributed by atoms with Crippen LogP contribution in [0.1, 0.15) is 33.1 Å². The third kappa shape index (κ3) is 15.6. The van der Waals surface area contributed by atoms with Crippen LogP contribution < -0.4 is 0 Å². The Labute approximate surface area is 587 Å². The molecule has 0 aromatic carbocycles. The van der Waals surface area contributed by atoms with Crippen LogP contribution in [0.5, 0.6) is 0 Å². The van der Waals surface area contributed by atoms with E-state index >= 15 is 9.59 Å². The second-order valence-corrected chi connectivity index (χ2v) is 26.8. The number of aliphatic hydroxyl groups is 16. The van der Waals surface area contributed by atoms with Crippen molar-refractivity contribution < 1.29 is 181 Å². The molecule has 37 nitrogen and oxygen atoms in total. The fraction of sp³-hybridized carbons (Fsp3) is 0.712. The average molecular weight is 1480 g/mol. The molecule has 6 fully saturated rings. The minimum absolute atomic E-state index is 0.0243. The molecule has 0 aromatic heterocycles. The van der Waals surface area contributed by atoms with Crippen LogP contribution in [0.4, 0.5) is 0 Å². The van der Waals surface area contributed by atoms with Gasteiger partial charge in [0.1, 0.15) is 116 Å². The Morgan fingerprint density at radius 2 is 0.757 bits per heavy atom. The highest BCUT2D eigenvalue weighted by atomic mass is 16.8. The number of methoxy groups -OCH3 is 2. The van der Waals surface area contributed by atoms with Crippen LogP contribution in [0.2, 0.25) is 0 Å². The van der Waals surface area contributed by atoms with E-state index in [9.17, 15) is 96.1 Å². The van der Waals surface area contributed by atoms with Gasteiger partial charge in [0, 0.05) is 53.3 Å². The summed E-state index contributed by atoms with van der Waals surface area (Å²) in [4.78, 5) is 71.3. The number of esters is 4. The molecule has 37 heteroatoms. The summed E-state index contributed by atoms with van der Waals surface area (Å²) in [6.45, 7) is 7.78. The minimum Gasteiger partial charge on any atom is -0.472 e. The first kappa shape index (κ1) is 79.5. The van der Waals surface area contributed by atoms with Crippen molar-refractivity contribution in [3.8, 4) is 0 Å². The zero-order valence-corrected chi connectivity index (χ0v) is 56.0. The van der Waals surface area contributed by atoms with E-state index in [1.54, 1.807) is 13.8 Å². The standard InChI is InChI=1S/C66H90O37/c1-7-25-27(30(18-90-59(25)100-63-51(80)47(76)43(72)36(14-68)96-63)57(86)94-34-11-28-31(55(84)88-5)19-92-61(40(28)22(34)3)102-65-53(82)49(78)45(74)38(16-70)98-65)10-9-24(13-67)42-26(8-2)60(101-64-52(81)48(77)44(73)37(15-69)97-64)91-21-33(42)58(87)95-35-12-29-32(56(85)89-6)20-93-62(41(29)23(35)4)103-66-54(83)50(79)46(75)39(17-71)99-66/h7-9,13,18-23,25-29,34-54,59-66,68-83H,1-2,10-12,14-17H2,3-6H3/t22-,23+,25+,26+,27-,28+,29+,34-,35+,36+,37+,38+,39+,40+,41+,42-,43+,44+,45+,46+,47-,48-,49-,50-,51+,52+,53+,54+,59-,60-,61-,62-,63-,64-,65-,66-/m0/s1. The SMILES string of the molecule is C=C[C@H]1[C@H](O[C@@H]2O[C@H](CO)[C@@H](O)[C@H](O)[C@H]2O)OC=C(C(=O)O[C@@H]2C[C@@H]3C(C(=O)OC)=CO[C@@H](O[C@@H]4O[C@H](CO)[C@@H](O)[C@H](O)[C@H]4O)[C@@H]3[C@@H]2C)[C@H]1C(C=O)=CC[C@@H]1C(C(=O)O[C@H]2C[C@@H]3C(C(=O)OC)=CO[C@@H](O[C@@H]4O[C@H](CO)[C@@H](O)[C@H](O)[C@H]4O)[C@@H]3[C@H]2C)=CO[C@@H](O[C@@H]2O[C@H](CO)[C@@H](O)[C@H](O)[C@H]2O)[C@@H]1C=C. The number of hydrogen-bond donors (Lipinski definition) is 16. The molecule has 576 valence electrons. The van der Waals surface area contributed by atoms with E-state index < -0.39 is 282 Å². The average Bonchev–Trinajstić information content (AvgIpc) is 1.67. The summed E-state index contributed by atoms with van der Waals surface area (Å²) in [7, 11) is 2.22. The molecule has 0 unspecified atom stereocenters. The molecule has 0 radical (unpaired) electrons. The van der Waals surface area contributed by atoms with Gasteiger partial charge in [0.15, 0.2) is 25.2 Å². The maximum absolute atomic E-state index is 15.3. The summed E-state index contributed by atoms with van der Waals surface area (Å²) in [6.07, 6.45) is -37.1. The van der Waals surface area contributed by atoms with Crippen LogP contribution in [0.3, 0.4) is 0 Å². The van der Waals surface area contributed by atoms with Crippen LogP contribution >= 0.6 is 0 Å². The Balaban J connectivity index is 0.986. The van der Waals surface area contributed by atoms with Gasteiger partial charge in [-0.2, -0.15) is 0 Å². The molecule has 0 amide bonds. The van der Waals surface area contributed by atoms with Crippen LogP contribution in [-0.2, 0) is 99.8 Å². The second-order valence-electron chi connectivity index (χ2n) is 26.8. The molecule has 4 saturated heterocycles. The first-order valence-corrected chi connectivity index (χ1v) is 33.4. The summed E-state index contributed by atoms with van der Waals surface area (Å²) in [5, 5.41) is 169. The van der Waals surface area contributed by atoms with Gasteiger partial charge in [0.25, 0.3) is 0 Å². The zero-order chi connectivity index (χ0) is 74.9. The van der Waals surface area contributed by atoms with Gasteiger partial charge in [-0.3, -0.25) is 4.79 Å². The lowest BCUT2D eigenvalue weighted by atomic mass is 9.76. The van der Waals surface area contributed by atoms with Gasteiger partial charge in [0.05, 0.1) is 93.9 Å². The van der Waals surface area contributed by atoms with Gasteiger partial charge in [-0.15, -0.1) is 13.2 Å². The van der Waals surface area contributed by atoms with E-state index in [4.69, 9.17) is 75.8 Å². The summed E-state index contributed by atoms with van der Waals surface area (Å²) in [6, 6.07) is 0. The normalized spacial score (nSPS) is 45.3. The molecule has 36 atom stereocenters. The van der Waals surface area contributed by atoms with E-state index in [1.807, 2.05) is 0 Å². The molecule has 0 bridgehead atoms. The molecule has 2 aliphatic carbocycles. The van der Waals surface area contributed by atoms with Crippen molar-refractivity contribution in [1.29, 1.82) is 0 Å². The van der Waals surface area contributed by atoms with Crippen molar-refractivity contribution in [3.05, 3.63) is 84.3 Å². The van der Waals surface area contributed by atoms with Gasteiger partial charge < -0.3 is 157 Å². The fourth-order valence-electron chi connectivity index (χ4n) is 15.2. The van der Waals surface area contributed by atoms with Gasteiger partial charge in [0.2, 0.25) is 25.2 Å². The minimum atomic E-state index is -2.02. The Bertz CT molecular complexity index is 3170. The number of fused-ring (bicyclic) bond motifs is 2. The van der Waals surface area contributed by atoms with Crippen molar-refractivity contribution in [2.75, 3.05) is 40.6 Å². The molecule has 10 aliphatic rings. The molecule has 0 spiro atoms. The van der Waals surface area contributed by atoms with Crippen molar-refractivity contribution in [2.45, 2.75) is 193 Å². The van der Waals surface area contributed by atoms with Gasteiger partial charge in [-0.05, 0) is 24.8 Å². The highest BCUT2D eigenvalue weighted by Crippen LogP contribution is 2.52. The highest BCUT2D eigenvalue weighted by molar-refractivity contribution is 5.93. The summed E-state index contributed by atoms with van der Waals surface area (Å²) in [5.41, 5.74) is -1.13. The number of carbonyl (C=O) groups excluding carboxylic acids is 5. The number of aliphatic hydroxyl groups excluding tert-OH is 16. The number of rotatable bonds is 24.